The normalized spacial score (nSPS) is 15.1. The molecule has 1 aromatic carbocycles. The molecule has 0 atom stereocenters. The predicted octanol–water partition coefficient (Wildman–Crippen LogP) is 1.86. The molecule has 0 spiro atoms. The molecule has 27 heavy (non-hydrogen) atoms. The third-order valence-corrected chi connectivity index (χ3v) is 4.90. The number of aromatic nitrogens is 2. The van der Waals surface area contributed by atoms with E-state index in [9.17, 15) is 9.59 Å². The molecule has 1 aliphatic rings. The molecule has 7 heteroatoms. The number of para-hydroxylation sites is 2. The van der Waals surface area contributed by atoms with E-state index in [0.29, 0.717) is 39.1 Å². The largest absolute Gasteiger partial charge is 0.372 e. The summed E-state index contributed by atoms with van der Waals surface area (Å²) in [5, 5.41) is 0. The Morgan fingerprint density at radius 2 is 1.93 bits per heavy atom. The molecular weight excluding hydrogens is 344 g/mol. The molecule has 144 valence electrons. The van der Waals surface area contributed by atoms with Gasteiger partial charge in [-0.15, -0.1) is 0 Å². The second-order valence-electron chi connectivity index (χ2n) is 6.84. The lowest BCUT2D eigenvalue weighted by Crippen LogP contribution is -2.44. The van der Waals surface area contributed by atoms with Gasteiger partial charge in [0, 0.05) is 32.7 Å². The maximum Gasteiger partial charge on any atom is 0.248 e. The number of ether oxygens (including phenoxy) is 1. The average molecular weight is 370 g/mol. The van der Waals surface area contributed by atoms with Crippen LogP contribution in [0.3, 0.4) is 0 Å². The summed E-state index contributed by atoms with van der Waals surface area (Å²) in [5.74, 6) is 0.0453. The van der Waals surface area contributed by atoms with Crippen molar-refractivity contribution >= 4 is 22.8 Å². The first-order chi connectivity index (χ1) is 13.1. The van der Waals surface area contributed by atoms with Crippen LogP contribution in [-0.4, -0.2) is 64.9 Å². The van der Waals surface area contributed by atoms with Gasteiger partial charge in [0.25, 0.3) is 0 Å². The molecule has 1 saturated heterocycles. The van der Waals surface area contributed by atoms with Crippen molar-refractivity contribution in [1.29, 1.82) is 0 Å². The highest BCUT2D eigenvalue weighted by atomic mass is 16.5. The summed E-state index contributed by atoms with van der Waals surface area (Å²) >= 11 is 0. The zero-order valence-electron chi connectivity index (χ0n) is 15.9. The van der Waals surface area contributed by atoms with Gasteiger partial charge in [0.05, 0.1) is 29.5 Å². The molecule has 1 aliphatic heterocycles. The fourth-order valence-corrected chi connectivity index (χ4v) is 3.36. The number of hydrogen-bond acceptors (Lipinski definition) is 5. The maximum atomic E-state index is 12.8. The molecule has 1 aromatic heterocycles. The molecule has 2 heterocycles. The lowest BCUT2D eigenvalue weighted by Gasteiger charge is -2.33. The summed E-state index contributed by atoms with van der Waals surface area (Å²) in [6, 6.07) is 7.69. The maximum absolute atomic E-state index is 12.8. The molecule has 0 bridgehead atoms. The summed E-state index contributed by atoms with van der Waals surface area (Å²) in [6.45, 7) is 4.16. The van der Waals surface area contributed by atoms with E-state index in [0.717, 1.165) is 16.7 Å². The molecular formula is C20H26N4O3. The van der Waals surface area contributed by atoms with Crippen LogP contribution in [0.2, 0.25) is 0 Å². The van der Waals surface area contributed by atoms with Crippen molar-refractivity contribution in [2.75, 3.05) is 33.4 Å². The lowest BCUT2D eigenvalue weighted by atomic mass is 9.95. The number of benzene rings is 1. The van der Waals surface area contributed by atoms with Gasteiger partial charge in [-0.05, 0) is 31.9 Å². The summed E-state index contributed by atoms with van der Waals surface area (Å²) in [4.78, 5) is 37.3. The molecule has 1 fully saturated rings. The second-order valence-corrected chi connectivity index (χ2v) is 6.84. The molecule has 3 rings (SSSR count). The molecule has 2 amide bonds. The quantitative estimate of drug-likeness (QED) is 0.776. The third kappa shape index (κ3) is 4.80. The number of fused-ring (bicyclic) bond motifs is 1. The van der Waals surface area contributed by atoms with E-state index < -0.39 is 0 Å². The van der Waals surface area contributed by atoms with Crippen LogP contribution in [0.1, 0.15) is 25.5 Å². The number of carbonyl (C=O) groups is 2. The Labute approximate surface area is 159 Å². The van der Waals surface area contributed by atoms with E-state index in [1.807, 2.05) is 31.2 Å². The molecule has 0 aliphatic carbocycles. The van der Waals surface area contributed by atoms with Crippen molar-refractivity contribution < 1.29 is 14.3 Å². The van der Waals surface area contributed by atoms with E-state index in [4.69, 9.17) is 4.74 Å². The van der Waals surface area contributed by atoms with Crippen LogP contribution in [0.5, 0.6) is 0 Å². The van der Waals surface area contributed by atoms with Crippen LogP contribution in [0.4, 0.5) is 0 Å². The number of hydrogen-bond donors (Lipinski definition) is 0. The van der Waals surface area contributed by atoms with Gasteiger partial charge >= 0.3 is 0 Å². The van der Waals surface area contributed by atoms with Gasteiger partial charge in [0.1, 0.15) is 6.61 Å². The smallest absolute Gasteiger partial charge is 0.248 e. The Bertz CT molecular complexity index is 803. The average Bonchev–Trinajstić information content (AvgIpc) is 2.71. The first kappa shape index (κ1) is 19.2. The van der Waals surface area contributed by atoms with Gasteiger partial charge < -0.3 is 14.5 Å². The minimum Gasteiger partial charge on any atom is -0.372 e. The number of amides is 2. The van der Waals surface area contributed by atoms with Crippen molar-refractivity contribution in [1.82, 2.24) is 19.8 Å². The van der Waals surface area contributed by atoms with Crippen LogP contribution in [-0.2, 0) is 20.9 Å². The van der Waals surface area contributed by atoms with Gasteiger partial charge in [-0.25, -0.2) is 4.98 Å². The molecule has 0 radical (unpaired) electrons. The van der Waals surface area contributed by atoms with E-state index in [1.165, 1.54) is 0 Å². The zero-order chi connectivity index (χ0) is 19.2. The van der Waals surface area contributed by atoms with E-state index in [1.54, 1.807) is 23.0 Å². The molecule has 0 unspecified atom stereocenters. The van der Waals surface area contributed by atoms with E-state index >= 15 is 0 Å². The number of carbonyl (C=O) groups excluding carboxylic acids is 2. The zero-order valence-corrected chi connectivity index (χ0v) is 15.9. The van der Waals surface area contributed by atoms with Gasteiger partial charge in [0.2, 0.25) is 11.8 Å². The highest BCUT2D eigenvalue weighted by Crippen LogP contribution is 2.20. The fourth-order valence-electron chi connectivity index (χ4n) is 3.36. The van der Waals surface area contributed by atoms with Crippen LogP contribution < -0.4 is 0 Å². The monoisotopic (exact) mass is 370 g/mol. The summed E-state index contributed by atoms with van der Waals surface area (Å²) in [6.07, 6.45) is 3.09. The molecule has 7 nitrogen and oxygen atoms in total. The summed E-state index contributed by atoms with van der Waals surface area (Å²) < 4.78 is 5.18. The van der Waals surface area contributed by atoms with Crippen molar-refractivity contribution in [3.05, 3.63) is 36.2 Å². The summed E-state index contributed by atoms with van der Waals surface area (Å²) in [7, 11) is 1.80. The van der Waals surface area contributed by atoms with Crippen molar-refractivity contribution in [3.8, 4) is 0 Å². The second kappa shape index (κ2) is 8.90. The van der Waals surface area contributed by atoms with Crippen LogP contribution in [0.25, 0.3) is 11.0 Å². The van der Waals surface area contributed by atoms with Crippen molar-refractivity contribution in [2.24, 2.45) is 5.92 Å². The van der Waals surface area contributed by atoms with Crippen LogP contribution in [0, 0.1) is 5.92 Å². The van der Waals surface area contributed by atoms with Gasteiger partial charge in [-0.2, -0.15) is 0 Å². The topological polar surface area (TPSA) is 75.6 Å². The Morgan fingerprint density at radius 1 is 1.22 bits per heavy atom. The fraction of sp³-hybridized carbons (Fsp3) is 0.500. The van der Waals surface area contributed by atoms with E-state index in [-0.39, 0.29) is 24.3 Å². The van der Waals surface area contributed by atoms with Crippen LogP contribution >= 0.6 is 0 Å². The lowest BCUT2D eigenvalue weighted by molar-refractivity contribution is -0.142. The van der Waals surface area contributed by atoms with Crippen molar-refractivity contribution in [3.63, 3.8) is 0 Å². The van der Waals surface area contributed by atoms with Gasteiger partial charge in [-0.3, -0.25) is 14.6 Å². The van der Waals surface area contributed by atoms with E-state index in [2.05, 4.69) is 9.97 Å². The summed E-state index contributed by atoms with van der Waals surface area (Å²) in [5.41, 5.74) is 2.45. The van der Waals surface area contributed by atoms with Crippen LogP contribution in [0.15, 0.2) is 30.5 Å². The Kier molecular flexibility index (Phi) is 6.34. The molecule has 0 saturated carbocycles. The minimum absolute atomic E-state index is 0.00235. The Morgan fingerprint density at radius 3 is 2.63 bits per heavy atom. The molecule has 0 N–H and O–H groups in total. The Hall–Kier alpha value is -2.54. The van der Waals surface area contributed by atoms with Gasteiger partial charge in [0.15, 0.2) is 0 Å². The molecule has 2 aromatic rings. The Balaban J connectivity index is 1.53. The number of nitrogens with zero attached hydrogens (tertiary/aromatic N) is 4. The first-order valence-electron chi connectivity index (χ1n) is 9.39. The number of likely N-dealkylation sites (tertiary alicyclic amines) is 1. The minimum atomic E-state index is -0.0560. The number of rotatable bonds is 6. The highest BCUT2D eigenvalue weighted by molar-refractivity contribution is 5.80. The number of piperidine rings is 1. The van der Waals surface area contributed by atoms with Crippen molar-refractivity contribution in [2.45, 2.75) is 26.3 Å². The van der Waals surface area contributed by atoms with Gasteiger partial charge in [-0.1, -0.05) is 12.1 Å². The third-order valence-electron chi connectivity index (χ3n) is 4.90. The first-order valence-corrected chi connectivity index (χ1v) is 9.39. The predicted molar refractivity (Wildman–Crippen MR) is 102 cm³/mol. The SMILES string of the molecule is CCOCC(=O)N1CCC(C(=O)N(C)Cc2cnc3ccccc3n2)CC1. The standard InChI is InChI=1S/C20H26N4O3/c1-3-27-14-19(25)24-10-8-15(9-11-24)20(26)23(2)13-16-12-21-17-6-4-5-7-18(17)22-16/h4-7,12,15H,3,8-11,13-14H2,1-2H3. The highest BCUT2D eigenvalue weighted by Gasteiger charge is 2.29.